The molecule has 1 N–H and O–H groups in total. The molecule has 0 radical (unpaired) electrons. The Labute approximate surface area is 113 Å². The van der Waals surface area contributed by atoms with E-state index >= 15 is 0 Å². The first-order valence-electron chi connectivity index (χ1n) is 5.59. The molecule has 0 spiro atoms. The van der Waals surface area contributed by atoms with Crippen LogP contribution in [-0.2, 0) is 0 Å². The quantitative estimate of drug-likeness (QED) is 0.743. The molecule has 18 heavy (non-hydrogen) atoms. The summed E-state index contributed by atoms with van der Waals surface area (Å²) in [5.74, 6) is 1.03. The summed E-state index contributed by atoms with van der Waals surface area (Å²) < 4.78 is 2.53. The number of fused-ring (bicyclic) bond motifs is 1. The van der Waals surface area contributed by atoms with Gasteiger partial charge in [0, 0.05) is 11.8 Å². The zero-order valence-corrected chi connectivity index (χ0v) is 11.3. The molecule has 0 saturated carbocycles. The largest absolute Gasteiger partial charge is 0.506 e. The van der Waals surface area contributed by atoms with Crippen LogP contribution in [0.4, 0.5) is 0 Å². The van der Waals surface area contributed by atoms with Gasteiger partial charge in [0.1, 0.15) is 21.7 Å². The number of aromatic nitrogens is 2. The Hall–Kier alpha value is -1.81. The van der Waals surface area contributed by atoms with E-state index in [-0.39, 0.29) is 5.75 Å². The Morgan fingerprint density at radius 2 is 2.06 bits per heavy atom. The van der Waals surface area contributed by atoms with Gasteiger partial charge < -0.3 is 5.11 Å². The van der Waals surface area contributed by atoms with Crippen molar-refractivity contribution in [1.29, 1.82) is 0 Å². The van der Waals surface area contributed by atoms with E-state index < -0.39 is 0 Å². The smallest absolute Gasteiger partial charge is 0.146 e. The fourth-order valence-corrected chi connectivity index (χ4v) is 2.63. The second kappa shape index (κ2) is 4.14. The first-order chi connectivity index (χ1) is 8.66. The van der Waals surface area contributed by atoms with Gasteiger partial charge in [0.25, 0.3) is 0 Å². The van der Waals surface area contributed by atoms with Crippen LogP contribution in [0.3, 0.4) is 0 Å². The Morgan fingerprint density at radius 3 is 2.83 bits per heavy atom. The molecule has 0 saturated heterocycles. The number of aromatic hydroxyl groups is 1. The highest BCUT2D eigenvalue weighted by Crippen LogP contribution is 2.31. The van der Waals surface area contributed by atoms with Crippen LogP contribution in [0.15, 0.2) is 47.2 Å². The standard InChI is InChI=1S/C14H11BrN2O/c1-9-4-2-5-10(8-9)14-16-13(15)12-11(18)6-3-7-17(12)14/h2-8,18H,1H3. The van der Waals surface area contributed by atoms with E-state index in [2.05, 4.69) is 27.0 Å². The second-order valence-corrected chi connectivity index (χ2v) is 4.96. The number of hydrogen-bond acceptors (Lipinski definition) is 2. The molecule has 0 unspecified atom stereocenters. The maximum Gasteiger partial charge on any atom is 0.146 e. The minimum Gasteiger partial charge on any atom is -0.506 e. The van der Waals surface area contributed by atoms with Gasteiger partial charge in [-0.25, -0.2) is 4.98 Å². The molecule has 2 aromatic heterocycles. The zero-order chi connectivity index (χ0) is 12.7. The molecular formula is C14H11BrN2O. The summed E-state index contributed by atoms with van der Waals surface area (Å²) in [6.07, 6.45) is 1.89. The number of pyridine rings is 1. The topological polar surface area (TPSA) is 37.5 Å². The lowest BCUT2D eigenvalue weighted by Crippen LogP contribution is -1.89. The molecule has 90 valence electrons. The third-order valence-corrected chi connectivity index (χ3v) is 3.43. The summed E-state index contributed by atoms with van der Waals surface area (Å²) in [6.45, 7) is 2.05. The molecule has 1 aromatic carbocycles. The van der Waals surface area contributed by atoms with Crippen molar-refractivity contribution >= 4 is 21.4 Å². The highest BCUT2D eigenvalue weighted by Gasteiger charge is 2.13. The molecule has 3 aromatic rings. The van der Waals surface area contributed by atoms with Crippen molar-refractivity contribution in [3.05, 3.63) is 52.8 Å². The summed E-state index contributed by atoms with van der Waals surface area (Å²) in [4.78, 5) is 4.48. The first kappa shape index (κ1) is 11.3. The SMILES string of the molecule is Cc1cccc(-c2nc(Br)c3c(O)cccn23)c1. The average Bonchev–Trinajstić information content (AvgIpc) is 2.68. The molecule has 0 fully saturated rings. The zero-order valence-electron chi connectivity index (χ0n) is 9.76. The van der Waals surface area contributed by atoms with Crippen LogP contribution in [0.2, 0.25) is 0 Å². The summed E-state index contributed by atoms with van der Waals surface area (Å²) in [7, 11) is 0. The summed E-state index contributed by atoms with van der Waals surface area (Å²) >= 11 is 3.39. The van der Waals surface area contributed by atoms with E-state index in [0.29, 0.717) is 10.1 Å². The van der Waals surface area contributed by atoms with Crippen molar-refractivity contribution in [3.8, 4) is 17.1 Å². The van der Waals surface area contributed by atoms with Crippen LogP contribution in [0.1, 0.15) is 5.56 Å². The maximum atomic E-state index is 9.88. The third-order valence-electron chi connectivity index (χ3n) is 2.88. The average molecular weight is 303 g/mol. The first-order valence-corrected chi connectivity index (χ1v) is 6.38. The van der Waals surface area contributed by atoms with E-state index in [1.807, 2.05) is 35.7 Å². The third kappa shape index (κ3) is 1.69. The van der Waals surface area contributed by atoms with Gasteiger partial charge in [-0.1, -0.05) is 23.8 Å². The lowest BCUT2D eigenvalue weighted by molar-refractivity contribution is 0.479. The van der Waals surface area contributed by atoms with E-state index in [1.54, 1.807) is 12.1 Å². The fraction of sp³-hybridized carbons (Fsp3) is 0.0714. The number of rotatable bonds is 1. The minimum absolute atomic E-state index is 0.218. The van der Waals surface area contributed by atoms with Gasteiger partial charge in [-0.2, -0.15) is 0 Å². The number of imidazole rings is 1. The van der Waals surface area contributed by atoms with Crippen LogP contribution >= 0.6 is 15.9 Å². The van der Waals surface area contributed by atoms with Gasteiger partial charge >= 0.3 is 0 Å². The van der Waals surface area contributed by atoms with Crippen LogP contribution in [-0.4, -0.2) is 14.5 Å². The number of hydrogen-bond donors (Lipinski definition) is 1. The Balaban J connectivity index is 2.34. The summed E-state index contributed by atoms with van der Waals surface area (Å²) in [5, 5.41) is 9.88. The number of nitrogens with zero attached hydrogens (tertiary/aromatic N) is 2. The molecule has 0 aliphatic rings. The minimum atomic E-state index is 0.218. The monoisotopic (exact) mass is 302 g/mol. The van der Waals surface area contributed by atoms with E-state index in [1.165, 1.54) is 5.56 Å². The molecule has 2 heterocycles. The lowest BCUT2D eigenvalue weighted by Gasteiger charge is -2.03. The molecule has 0 atom stereocenters. The maximum absolute atomic E-state index is 9.88. The molecule has 4 heteroatoms. The highest BCUT2D eigenvalue weighted by molar-refractivity contribution is 9.10. The van der Waals surface area contributed by atoms with Crippen molar-refractivity contribution < 1.29 is 5.11 Å². The molecule has 0 amide bonds. The van der Waals surface area contributed by atoms with E-state index in [9.17, 15) is 5.11 Å². The van der Waals surface area contributed by atoms with Gasteiger partial charge in [0.15, 0.2) is 0 Å². The van der Waals surface area contributed by atoms with Crippen molar-refractivity contribution in [2.45, 2.75) is 6.92 Å². The Morgan fingerprint density at radius 1 is 1.22 bits per heavy atom. The van der Waals surface area contributed by atoms with Crippen molar-refractivity contribution in [3.63, 3.8) is 0 Å². The number of halogens is 1. The van der Waals surface area contributed by atoms with Crippen molar-refractivity contribution in [2.75, 3.05) is 0 Å². The predicted molar refractivity (Wildman–Crippen MR) is 74.7 cm³/mol. The predicted octanol–water partition coefficient (Wildman–Crippen LogP) is 3.78. The molecular weight excluding hydrogens is 292 g/mol. The number of benzene rings is 1. The highest BCUT2D eigenvalue weighted by atomic mass is 79.9. The molecule has 0 aliphatic carbocycles. The van der Waals surface area contributed by atoms with Gasteiger partial charge in [-0.3, -0.25) is 4.40 Å². The van der Waals surface area contributed by atoms with Crippen molar-refractivity contribution in [2.24, 2.45) is 0 Å². The van der Waals surface area contributed by atoms with Crippen LogP contribution < -0.4 is 0 Å². The van der Waals surface area contributed by atoms with Crippen LogP contribution in [0.25, 0.3) is 16.9 Å². The lowest BCUT2D eigenvalue weighted by atomic mass is 10.1. The van der Waals surface area contributed by atoms with E-state index in [0.717, 1.165) is 11.4 Å². The second-order valence-electron chi connectivity index (χ2n) is 4.21. The molecule has 0 bridgehead atoms. The normalized spacial score (nSPS) is 11.0. The molecule has 3 nitrogen and oxygen atoms in total. The number of aryl methyl sites for hydroxylation is 1. The Bertz CT molecular complexity index is 734. The Kier molecular flexibility index (Phi) is 2.59. The molecule has 3 rings (SSSR count). The summed E-state index contributed by atoms with van der Waals surface area (Å²) in [5.41, 5.74) is 2.90. The van der Waals surface area contributed by atoms with Gasteiger partial charge in [-0.15, -0.1) is 0 Å². The van der Waals surface area contributed by atoms with Crippen LogP contribution in [0, 0.1) is 6.92 Å². The summed E-state index contributed by atoms with van der Waals surface area (Å²) in [6, 6.07) is 11.6. The van der Waals surface area contributed by atoms with Gasteiger partial charge in [0.05, 0.1) is 0 Å². The molecule has 0 aliphatic heterocycles. The van der Waals surface area contributed by atoms with Gasteiger partial charge in [0.2, 0.25) is 0 Å². The van der Waals surface area contributed by atoms with Gasteiger partial charge in [-0.05, 0) is 41.1 Å². The van der Waals surface area contributed by atoms with Crippen LogP contribution in [0.5, 0.6) is 5.75 Å². The van der Waals surface area contributed by atoms with Crippen molar-refractivity contribution in [1.82, 2.24) is 9.38 Å². The van der Waals surface area contributed by atoms with E-state index in [4.69, 9.17) is 0 Å². The fourth-order valence-electron chi connectivity index (χ4n) is 2.07.